The summed E-state index contributed by atoms with van der Waals surface area (Å²) in [5, 5.41) is 31.3. The molecular formula is C42H67N7O19S6. The number of carbonyl (C=O) groups excluding carboxylic acids is 1. The fourth-order valence-corrected chi connectivity index (χ4v) is 13.2. The fourth-order valence-electron chi connectivity index (χ4n) is 7.33. The molecule has 0 bridgehead atoms. The van der Waals surface area contributed by atoms with Gasteiger partial charge in [0.1, 0.15) is 0 Å². The monoisotopic (exact) mass is 1170 g/mol. The third-order valence-corrected chi connectivity index (χ3v) is 18.3. The Kier molecular flexibility index (Phi) is 28.5. The highest BCUT2D eigenvalue weighted by Gasteiger charge is 2.28. The van der Waals surface area contributed by atoms with Gasteiger partial charge in [0.25, 0.3) is 0 Å². The van der Waals surface area contributed by atoms with Crippen LogP contribution in [-0.2, 0) is 89.0 Å². The summed E-state index contributed by atoms with van der Waals surface area (Å²) < 4.78 is 91.8. The van der Waals surface area contributed by atoms with E-state index in [1.165, 1.54) is 0 Å². The van der Waals surface area contributed by atoms with Crippen molar-refractivity contribution in [2.75, 3.05) is 155 Å². The number of hydrogen-bond acceptors (Lipinski definition) is 22. The van der Waals surface area contributed by atoms with Gasteiger partial charge in [0.2, 0.25) is 5.91 Å². The van der Waals surface area contributed by atoms with Crippen LogP contribution in [-0.4, -0.2) is 248 Å². The number of rotatable bonds is 36. The van der Waals surface area contributed by atoms with E-state index in [1.807, 2.05) is 0 Å². The first-order valence-corrected chi connectivity index (χ1v) is 31.1. The van der Waals surface area contributed by atoms with E-state index in [9.17, 15) is 74.1 Å². The van der Waals surface area contributed by atoms with Crippen molar-refractivity contribution in [3.8, 4) is 0 Å². The van der Waals surface area contributed by atoms with Crippen LogP contribution in [0.5, 0.6) is 0 Å². The Morgan fingerprint density at radius 1 is 0.581 bits per heavy atom. The minimum atomic E-state index is -3.69. The maximum Gasteiger partial charge on any atom is 0.336 e. The van der Waals surface area contributed by atoms with Crippen molar-refractivity contribution in [2.24, 2.45) is 0 Å². The molecule has 3 rings (SSSR count). The van der Waals surface area contributed by atoms with E-state index in [0.717, 1.165) is 17.3 Å². The predicted octanol–water partition coefficient (Wildman–Crippen LogP) is -3.22. The molecule has 26 nitrogen and oxygen atoms in total. The highest BCUT2D eigenvalue weighted by molar-refractivity contribution is 8.01. The second kappa shape index (κ2) is 32.7. The highest BCUT2D eigenvalue weighted by Crippen LogP contribution is 2.17. The number of amides is 1. The molecule has 0 saturated carbocycles. The molecule has 74 heavy (non-hydrogen) atoms. The summed E-state index contributed by atoms with van der Waals surface area (Å²) in [7, 11) is -10.6. The van der Waals surface area contributed by atoms with Gasteiger partial charge in [-0.1, -0.05) is 12.1 Å². The van der Waals surface area contributed by atoms with Crippen molar-refractivity contribution in [2.45, 2.75) is 32.1 Å². The summed E-state index contributed by atoms with van der Waals surface area (Å²) in [5.74, 6) is -5.13. The Morgan fingerprint density at radius 2 is 1.00 bits per heavy atom. The summed E-state index contributed by atoms with van der Waals surface area (Å²) in [4.78, 5) is 92.7. The molecule has 1 aliphatic rings. The van der Waals surface area contributed by atoms with E-state index < -0.39 is 88.7 Å². The molecule has 2 aromatic rings. The van der Waals surface area contributed by atoms with Gasteiger partial charge in [0.15, 0.2) is 29.5 Å². The molecule has 32 heteroatoms. The van der Waals surface area contributed by atoms with Gasteiger partial charge < -0.3 is 34.8 Å². The number of carboxylic acid groups (broad SMARTS) is 3. The van der Waals surface area contributed by atoms with Gasteiger partial charge in [-0.25, -0.2) is 53.3 Å². The second-order valence-electron chi connectivity index (χ2n) is 16.9. The van der Waals surface area contributed by atoms with Crippen LogP contribution < -0.4 is 22.4 Å². The quantitative estimate of drug-likeness (QED) is 0.0289. The molecule has 0 spiro atoms. The molecule has 1 aliphatic heterocycles. The topological polar surface area (TPSA) is 347 Å². The average molecular weight is 1170 g/mol. The summed E-state index contributed by atoms with van der Waals surface area (Å²) in [6, 6.07) is 6.33. The standard InChI is InChI=1S/C42H67N7O19S6/c50-36(43-34-3-1-33(2-4-34)27-35-28-45(30-38(53)54)6-5-44(29-37(51)52)7-8-46(35)31-39(55)56)32-71-20-26-74(64,65)23-17-68-14-11-49-41(58)47(9-12-66-15-21-72(60,61)24-18-69)40(57)48(42(49)59)10-13-67-16-22-73(62,63)25-19-70/h1-4,35,69-70H,5-32H2,(H,43,50)(H,51,52)(H,53,54)(H,55,56). The zero-order valence-electron chi connectivity index (χ0n) is 40.8. The number of thiol groups is 2. The smallest absolute Gasteiger partial charge is 0.336 e. The van der Waals surface area contributed by atoms with Crippen LogP contribution in [0.15, 0.2) is 38.6 Å². The van der Waals surface area contributed by atoms with E-state index in [0.29, 0.717) is 25.8 Å². The van der Waals surface area contributed by atoms with Gasteiger partial charge in [-0.15, -0.1) is 0 Å². The van der Waals surface area contributed by atoms with Crippen LogP contribution in [0, 0.1) is 0 Å². The zero-order chi connectivity index (χ0) is 54.9. The molecule has 1 saturated heterocycles. The number of carboxylic acids is 3. The first kappa shape index (κ1) is 64.5. The minimum absolute atomic E-state index is 0.0662. The summed E-state index contributed by atoms with van der Waals surface area (Å²) in [6.07, 6.45) is 0.324. The van der Waals surface area contributed by atoms with E-state index in [4.69, 9.17) is 14.2 Å². The largest absolute Gasteiger partial charge is 0.480 e. The Morgan fingerprint density at radius 3 is 1.45 bits per heavy atom. The molecule has 1 unspecified atom stereocenters. The molecule has 1 aromatic heterocycles. The fraction of sp³-hybridized carbons (Fsp3) is 0.690. The zero-order valence-corrected chi connectivity index (χ0v) is 45.8. The number of thioether (sulfide) groups is 1. The van der Waals surface area contributed by atoms with Crippen LogP contribution in [0.4, 0.5) is 5.69 Å². The summed E-state index contributed by atoms with van der Waals surface area (Å²) >= 11 is 8.90. The first-order valence-electron chi connectivity index (χ1n) is 23.3. The van der Waals surface area contributed by atoms with Gasteiger partial charge in [-0.2, -0.15) is 37.0 Å². The molecule has 4 N–H and O–H groups in total. The number of nitrogens with one attached hydrogen (secondary N) is 1. The third-order valence-electron chi connectivity index (χ3n) is 11.1. The van der Waals surface area contributed by atoms with Crippen LogP contribution in [0.3, 0.4) is 0 Å². The molecule has 1 aromatic carbocycles. The van der Waals surface area contributed by atoms with Crippen LogP contribution in [0.2, 0.25) is 0 Å². The van der Waals surface area contributed by atoms with E-state index in [-0.39, 0.29) is 157 Å². The number of carbonyl (C=O) groups is 4. The maximum absolute atomic E-state index is 13.4. The lowest BCUT2D eigenvalue weighted by Crippen LogP contribution is -2.55. The first-order chi connectivity index (χ1) is 34.9. The number of anilines is 1. The molecule has 1 atom stereocenters. The Balaban J connectivity index is 1.52. The van der Waals surface area contributed by atoms with Gasteiger partial charge in [0.05, 0.1) is 119 Å². The second-order valence-corrected chi connectivity index (χ2v) is 25.8. The lowest BCUT2D eigenvalue weighted by atomic mass is 10.0. The van der Waals surface area contributed by atoms with Crippen molar-refractivity contribution in [1.82, 2.24) is 28.4 Å². The molecule has 420 valence electrons. The molecule has 1 fully saturated rings. The number of hydrogen-bond donors (Lipinski definition) is 6. The van der Waals surface area contributed by atoms with Gasteiger partial charge in [0, 0.05) is 61.7 Å². The SMILES string of the molecule is O=C(O)CN1CCN(CC(=O)O)CC(Cc2ccc(NC(=O)CSCCS(=O)(=O)CCOCCn3c(=O)n(CCOCCS(=O)(=O)CCS)c(=O)n(CCOCCS(=O)(=O)CCS)c3=O)cc2)N(CC(=O)O)CC1. The highest BCUT2D eigenvalue weighted by atomic mass is 32.2. The minimum Gasteiger partial charge on any atom is -0.480 e. The number of aliphatic carboxylic acids is 3. The van der Waals surface area contributed by atoms with Crippen molar-refractivity contribution in [3.05, 3.63) is 61.3 Å². The Bertz CT molecular complexity index is 2580. The number of nitrogens with zero attached hydrogens (tertiary/aromatic N) is 6. The van der Waals surface area contributed by atoms with Gasteiger partial charge in [-0.3, -0.25) is 33.9 Å². The molecule has 1 amide bonds. The van der Waals surface area contributed by atoms with E-state index in [1.54, 1.807) is 39.0 Å². The summed E-state index contributed by atoms with van der Waals surface area (Å²) in [5.41, 5.74) is -1.86. The maximum atomic E-state index is 13.4. The van der Waals surface area contributed by atoms with Crippen LogP contribution >= 0.6 is 37.0 Å². The van der Waals surface area contributed by atoms with Crippen molar-refractivity contribution in [3.63, 3.8) is 0 Å². The average Bonchev–Trinajstić information content (AvgIpc) is 3.37. The van der Waals surface area contributed by atoms with Crippen LogP contribution in [0.1, 0.15) is 5.56 Å². The lowest BCUT2D eigenvalue weighted by Gasteiger charge is -2.33. The van der Waals surface area contributed by atoms with E-state index >= 15 is 0 Å². The number of aromatic nitrogens is 3. The van der Waals surface area contributed by atoms with Crippen molar-refractivity contribution >= 4 is 96.0 Å². The Labute approximate surface area is 444 Å². The third kappa shape index (κ3) is 24.9. The van der Waals surface area contributed by atoms with Crippen LogP contribution in [0.25, 0.3) is 0 Å². The van der Waals surface area contributed by atoms with Crippen molar-refractivity contribution in [1.29, 1.82) is 0 Å². The molecule has 0 radical (unpaired) electrons. The van der Waals surface area contributed by atoms with Gasteiger partial charge in [-0.05, 0) is 24.1 Å². The number of sulfone groups is 3. The van der Waals surface area contributed by atoms with E-state index in [2.05, 4.69) is 30.6 Å². The van der Waals surface area contributed by atoms with Gasteiger partial charge >= 0.3 is 35.0 Å². The number of benzene rings is 1. The summed E-state index contributed by atoms with van der Waals surface area (Å²) in [6.45, 7) is -2.47. The predicted molar refractivity (Wildman–Crippen MR) is 283 cm³/mol. The van der Waals surface area contributed by atoms with Crippen molar-refractivity contribution < 1.29 is 74.0 Å². The lowest BCUT2D eigenvalue weighted by molar-refractivity contribution is -0.140. The normalized spacial score (nSPS) is 15.6. The molecule has 2 heterocycles. The molecular weight excluding hydrogens is 1100 g/mol. The Hall–Kier alpha value is -3.83. The number of ether oxygens (including phenoxy) is 3. The molecule has 0 aliphatic carbocycles.